The Balaban J connectivity index is 1.28. The van der Waals surface area contributed by atoms with Crippen molar-refractivity contribution in [1.82, 2.24) is 10.6 Å². The van der Waals surface area contributed by atoms with E-state index in [-0.39, 0.29) is 11.9 Å². The zero-order valence-corrected chi connectivity index (χ0v) is 16.4. The summed E-state index contributed by atoms with van der Waals surface area (Å²) in [5, 5.41) is 6.70. The van der Waals surface area contributed by atoms with Crippen LogP contribution in [0.4, 0.5) is 0 Å². The molecule has 3 atom stereocenters. The van der Waals surface area contributed by atoms with Gasteiger partial charge < -0.3 is 15.4 Å². The van der Waals surface area contributed by atoms with Gasteiger partial charge in [-0.3, -0.25) is 4.79 Å². The summed E-state index contributed by atoms with van der Waals surface area (Å²) in [7, 11) is 0. The van der Waals surface area contributed by atoms with Crippen molar-refractivity contribution < 1.29 is 9.53 Å². The summed E-state index contributed by atoms with van der Waals surface area (Å²) < 4.78 is 5.89. The Morgan fingerprint density at radius 3 is 2.54 bits per heavy atom. The Bertz CT molecular complexity index is 763. The van der Waals surface area contributed by atoms with Crippen LogP contribution in [-0.4, -0.2) is 18.0 Å². The third-order valence-corrected chi connectivity index (χ3v) is 6.12. The van der Waals surface area contributed by atoms with Crippen LogP contribution < -0.4 is 10.6 Å². The number of carbonyl (C=O) groups is 1. The molecule has 4 rings (SSSR count). The zero-order chi connectivity index (χ0) is 19.2. The molecule has 2 N–H and O–H groups in total. The quantitative estimate of drug-likeness (QED) is 0.767. The van der Waals surface area contributed by atoms with Crippen molar-refractivity contribution in [2.24, 2.45) is 5.92 Å². The number of carbonyl (C=O) groups excluding carboxylic acids is 1. The molecule has 2 aromatic carbocycles. The van der Waals surface area contributed by atoms with E-state index in [2.05, 4.69) is 34.9 Å². The average Bonchev–Trinajstić information content (AvgIpc) is 3.18. The molecular weight excluding hydrogens is 348 g/mol. The highest BCUT2D eigenvalue weighted by Gasteiger charge is 2.38. The molecule has 4 heteroatoms. The van der Waals surface area contributed by atoms with E-state index in [4.69, 9.17) is 4.74 Å². The van der Waals surface area contributed by atoms with Gasteiger partial charge in [0.15, 0.2) is 0 Å². The average molecular weight is 379 g/mol. The number of rotatable bonds is 7. The molecule has 1 saturated carbocycles. The topological polar surface area (TPSA) is 50.4 Å². The Morgan fingerprint density at radius 1 is 0.964 bits per heavy atom. The molecule has 1 saturated heterocycles. The molecule has 148 valence electrons. The van der Waals surface area contributed by atoms with E-state index in [1.165, 1.54) is 31.2 Å². The van der Waals surface area contributed by atoms with Crippen molar-refractivity contribution in [3.8, 4) is 0 Å². The molecule has 1 amide bonds. The second-order valence-corrected chi connectivity index (χ2v) is 8.07. The lowest BCUT2D eigenvalue weighted by Gasteiger charge is -2.24. The first kappa shape index (κ1) is 19.2. The molecule has 2 fully saturated rings. The van der Waals surface area contributed by atoms with Crippen molar-refractivity contribution in [2.45, 2.75) is 63.9 Å². The first-order chi connectivity index (χ1) is 13.8. The minimum Gasteiger partial charge on any atom is -0.372 e. The molecule has 28 heavy (non-hydrogen) atoms. The van der Waals surface area contributed by atoms with Crippen LogP contribution in [0.15, 0.2) is 54.6 Å². The maximum absolute atomic E-state index is 12.7. The molecule has 2 aliphatic rings. The van der Waals surface area contributed by atoms with Gasteiger partial charge in [-0.1, -0.05) is 67.4 Å². The van der Waals surface area contributed by atoms with E-state index >= 15 is 0 Å². The van der Waals surface area contributed by atoms with Crippen LogP contribution >= 0.6 is 0 Å². The number of ether oxygens (including phenoxy) is 1. The van der Waals surface area contributed by atoms with Crippen LogP contribution in [0.3, 0.4) is 0 Å². The summed E-state index contributed by atoms with van der Waals surface area (Å²) in [6, 6.07) is 18.9. The summed E-state index contributed by atoms with van der Waals surface area (Å²) in [4.78, 5) is 12.7. The standard InChI is InChI=1S/C24H30N2O2/c27-24(23-14-19-10-6-7-13-22(19)26-23)25-15-20-11-4-5-12-21(20)17-28-16-18-8-2-1-3-9-18/h1-5,8-9,11-12,19,22-23,26H,6-7,10,13-17H2,(H,25,27). The minimum absolute atomic E-state index is 0.0328. The van der Waals surface area contributed by atoms with E-state index in [9.17, 15) is 4.79 Å². The highest BCUT2D eigenvalue weighted by Crippen LogP contribution is 2.33. The maximum Gasteiger partial charge on any atom is 0.237 e. The molecule has 0 spiro atoms. The number of amides is 1. The van der Waals surface area contributed by atoms with E-state index in [0.29, 0.717) is 31.7 Å². The van der Waals surface area contributed by atoms with E-state index in [1.54, 1.807) is 0 Å². The molecule has 1 aliphatic heterocycles. The SMILES string of the molecule is O=C(NCc1ccccc1COCc1ccccc1)C1CC2CCCCC2N1. The van der Waals surface area contributed by atoms with Gasteiger partial charge in [-0.25, -0.2) is 0 Å². The van der Waals surface area contributed by atoms with Gasteiger partial charge >= 0.3 is 0 Å². The van der Waals surface area contributed by atoms with Gasteiger partial charge in [0.05, 0.1) is 19.3 Å². The van der Waals surface area contributed by atoms with Crippen molar-refractivity contribution in [3.63, 3.8) is 0 Å². The summed E-state index contributed by atoms with van der Waals surface area (Å²) in [5.41, 5.74) is 3.42. The van der Waals surface area contributed by atoms with Gasteiger partial charge in [-0.15, -0.1) is 0 Å². The van der Waals surface area contributed by atoms with E-state index in [1.807, 2.05) is 30.3 Å². The number of benzene rings is 2. The van der Waals surface area contributed by atoms with Gasteiger partial charge in [0.25, 0.3) is 0 Å². The van der Waals surface area contributed by atoms with E-state index in [0.717, 1.165) is 17.5 Å². The minimum atomic E-state index is -0.0328. The first-order valence-corrected chi connectivity index (χ1v) is 10.5. The second-order valence-electron chi connectivity index (χ2n) is 8.07. The Labute approximate surface area is 167 Å². The fraction of sp³-hybridized carbons (Fsp3) is 0.458. The summed E-state index contributed by atoms with van der Waals surface area (Å²) >= 11 is 0. The lowest BCUT2D eigenvalue weighted by molar-refractivity contribution is -0.123. The Kier molecular flexibility index (Phi) is 6.40. The van der Waals surface area contributed by atoms with Crippen LogP contribution in [-0.2, 0) is 29.3 Å². The summed E-state index contributed by atoms with van der Waals surface area (Å²) in [6.45, 7) is 1.69. The molecule has 2 aromatic rings. The predicted molar refractivity (Wildman–Crippen MR) is 111 cm³/mol. The highest BCUT2D eigenvalue weighted by atomic mass is 16.5. The highest BCUT2D eigenvalue weighted by molar-refractivity contribution is 5.82. The number of hydrogen-bond acceptors (Lipinski definition) is 3. The normalized spacial score (nSPS) is 23.9. The molecule has 1 heterocycles. The van der Waals surface area contributed by atoms with Crippen molar-refractivity contribution in [1.29, 1.82) is 0 Å². The third-order valence-electron chi connectivity index (χ3n) is 6.12. The molecule has 3 unspecified atom stereocenters. The molecule has 0 radical (unpaired) electrons. The second kappa shape index (κ2) is 9.35. The lowest BCUT2D eigenvalue weighted by atomic mass is 9.85. The number of hydrogen-bond donors (Lipinski definition) is 2. The zero-order valence-electron chi connectivity index (χ0n) is 16.4. The van der Waals surface area contributed by atoms with Crippen LogP contribution in [0.1, 0.15) is 48.8 Å². The fourth-order valence-corrected chi connectivity index (χ4v) is 4.55. The predicted octanol–water partition coefficient (Wildman–Crippen LogP) is 3.94. The Hall–Kier alpha value is -2.17. The molecule has 1 aliphatic carbocycles. The Morgan fingerprint density at radius 2 is 1.71 bits per heavy atom. The molecule has 0 bridgehead atoms. The van der Waals surface area contributed by atoms with Crippen LogP contribution in [0.2, 0.25) is 0 Å². The lowest BCUT2D eigenvalue weighted by Crippen LogP contribution is -2.43. The molecular formula is C24H30N2O2. The fourth-order valence-electron chi connectivity index (χ4n) is 4.55. The van der Waals surface area contributed by atoms with Gasteiger partial charge in [0.1, 0.15) is 0 Å². The number of nitrogens with one attached hydrogen (secondary N) is 2. The van der Waals surface area contributed by atoms with Crippen molar-refractivity contribution in [3.05, 3.63) is 71.3 Å². The monoisotopic (exact) mass is 378 g/mol. The molecule has 0 aromatic heterocycles. The van der Waals surface area contributed by atoms with Crippen LogP contribution in [0, 0.1) is 5.92 Å². The maximum atomic E-state index is 12.7. The van der Waals surface area contributed by atoms with Crippen LogP contribution in [0.25, 0.3) is 0 Å². The number of fused-ring (bicyclic) bond motifs is 1. The van der Waals surface area contributed by atoms with Gasteiger partial charge in [0.2, 0.25) is 5.91 Å². The van der Waals surface area contributed by atoms with Gasteiger partial charge in [-0.05, 0) is 41.9 Å². The summed E-state index contributed by atoms with van der Waals surface area (Å²) in [6.07, 6.45) is 6.07. The van der Waals surface area contributed by atoms with Crippen molar-refractivity contribution >= 4 is 5.91 Å². The smallest absolute Gasteiger partial charge is 0.237 e. The van der Waals surface area contributed by atoms with Gasteiger partial charge in [0, 0.05) is 12.6 Å². The third kappa shape index (κ3) is 4.81. The molecule has 4 nitrogen and oxygen atoms in total. The largest absolute Gasteiger partial charge is 0.372 e. The van der Waals surface area contributed by atoms with Gasteiger partial charge in [-0.2, -0.15) is 0 Å². The summed E-state index contributed by atoms with van der Waals surface area (Å²) in [5.74, 6) is 0.817. The van der Waals surface area contributed by atoms with Crippen molar-refractivity contribution in [2.75, 3.05) is 0 Å². The van der Waals surface area contributed by atoms with E-state index < -0.39 is 0 Å². The first-order valence-electron chi connectivity index (χ1n) is 10.5. The van der Waals surface area contributed by atoms with Crippen LogP contribution in [0.5, 0.6) is 0 Å².